The number of benzene rings is 1. The first-order valence-corrected chi connectivity index (χ1v) is 12.5. The molecule has 2 fully saturated rings. The molecule has 1 aliphatic carbocycles. The minimum atomic E-state index is -3.12. The van der Waals surface area contributed by atoms with E-state index in [1.54, 1.807) is 0 Å². The monoisotopic (exact) mass is 519 g/mol. The van der Waals surface area contributed by atoms with Crippen LogP contribution in [0, 0.1) is 11.3 Å². The van der Waals surface area contributed by atoms with Crippen molar-refractivity contribution in [3.8, 4) is 17.3 Å². The number of halogens is 2. The van der Waals surface area contributed by atoms with Gasteiger partial charge < -0.3 is 20.5 Å². The molecular formula is C27H27F2N7O2. The number of aromatic nitrogens is 3. The number of carbonyl (C=O) groups is 2. The summed E-state index contributed by atoms with van der Waals surface area (Å²) in [5, 5.41) is 16.8. The average molecular weight is 520 g/mol. The van der Waals surface area contributed by atoms with Crippen molar-refractivity contribution in [2.45, 2.75) is 56.2 Å². The number of fused-ring (bicyclic) bond motifs is 1. The molecule has 3 atom stereocenters. The maximum absolute atomic E-state index is 14.0. The average Bonchev–Trinajstić information content (AvgIpc) is 3.49. The van der Waals surface area contributed by atoms with Gasteiger partial charge in [0.2, 0.25) is 17.8 Å². The van der Waals surface area contributed by atoms with Gasteiger partial charge in [0.15, 0.2) is 0 Å². The molecule has 3 N–H and O–H groups in total. The summed E-state index contributed by atoms with van der Waals surface area (Å²) < 4.78 is 28.0. The highest BCUT2D eigenvalue weighted by Crippen LogP contribution is 2.33. The smallest absolute Gasteiger partial charge is 0.267 e. The normalized spacial score (nSPS) is 22.6. The van der Waals surface area contributed by atoms with E-state index in [1.165, 1.54) is 6.20 Å². The third-order valence-corrected chi connectivity index (χ3v) is 7.14. The summed E-state index contributed by atoms with van der Waals surface area (Å²) in [6, 6.07) is 8.33. The Hall–Kier alpha value is -4.33. The molecule has 2 amide bonds. The lowest BCUT2D eigenvalue weighted by molar-refractivity contribution is -0.135. The van der Waals surface area contributed by atoms with Crippen molar-refractivity contribution < 1.29 is 18.4 Å². The van der Waals surface area contributed by atoms with Crippen molar-refractivity contribution in [2.75, 3.05) is 11.9 Å². The number of nitrogens with one attached hydrogen (secondary N) is 3. The van der Waals surface area contributed by atoms with Gasteiger partial charge in [0.05, 0.1) is 24.0 Å². The van der Waals surface area contributed by atoms with E-state index in [2.05, 4.69) is 38.2 Å². The van der Waals surface area contributed by atoms with Crippen molar-refractivity contribution >= 4 is 28.7 Å². The van der Waals surface area contributed by atoms with Gasteiger partial charge in [0.25, 0.3) is 5.92 Å². The van der Waals surface area contributed by atoms with Crippen LogP contribution in [-0.4, -0.2) is 62.3 Å². The number of alkyl halides is 2. The molecule has 1 aliphatic heterocycles. The number of hydrogen-bond donors (Lipinski definition) is 3. The van der Waals surface area contributed by atoms with Gasteiger partial charge in [-0.1, -0.05) is 24.8 Å². The molecule has 0 unspecified atom stereocenters. The van der Waals surface area contributed by atoms with Crippen LogP contribution >= 0.6 is 0 Å². The summed E-state index contributed by atoms with van der Waals surface area (Å²) >= 11 is 0. The van der Waals surface area contributed by atoms with Crippen LogP contribution in [0.2, 0.25) is 0 Å². The van der Waals surface area contributed by atoms with Gasteiger partial charge in [-0.15, -0.1) is 0 Å². The number of para-hydroxylation sites is 1. The van der Waals surface area contributed by atoms with Crippen molar-refractivity contribution in [2.24, 2.45) is 0 Å². The van der Waals surface area contributed by atoms with Gasteiger partial charge in [-0.2, -0.15) is 5.26 Å². The highest BCUT2D eigenvalue weighted by Gasteiger charge is 2.49. The number of aromatic amines is 1. The Morgan fingerprint density at radius 2 is 2.05 bits per heavy atom. The molecule has 38 heavy (non-hydrogen) atoms. The molecule has 0 radical (unpaired) electrons. The van der Waals surface area contributed by atoms with Crippen molar-refractivity contribution in [1.29, 1.82) is 5.26 Å². The lowest BCUT2D eigenvalue weighted by Crippen LogP contribution is -2.50. The van der Waals surface area contributed by atoms with E-state index in [9.17, 15) is 23.6 Å². The van der Waals surface area contributed by atoms with E-state index in [1.807, 2.05) is 30.5 Å². The molecule has 3 heterocycles. The van der Waals surface area contributed by atoms with Crippen LogP contribution in [0.3, 0.4) is 0 Å². The van der Waals surface area contributed by atoms with E-state index in [0.29, 0.717) is 30.0 Å². The van der Waals surface area contributed by atoms with Gasteiger partial charge in [-0.05, 0) is 37.8 Å². The molecule has 9 nitrogen and oxygen atoms in total. The summed E-state index contributed by atoms with van der Waals surface area (Å²) in [6.07, 6.45) is 6.38. The summed E-state index contributed by atoms with van der Waals surface area (Å²) in [6.45, 7) is 2.56. The lowest BCUT2D eigenvalue weighted by atomic mass is 9.90. The Kier molecular flexibility index (Phi) is 6.80. The van der Waals surface area contributed by atoms with E-state index in [-0.39, 0.29) is 12.1 Å². The van der Waals surface area contributed by atoms with Gasteiger partial charge in [-0.3, -0.25) is 9.59 Å². The Bertz CT molecular complexity index is 1430. The number of likely N-dealkylation sites (tertiary alicyclic amines) is 1. The van der Waals surface area contributed by atoms with Crippen molar-refractivity contribution in [1.82, 2.24) is 25.2 Å². The fraction of sp³-hybridized carbons (Fsp3) is 0.370. The first kappa shape index (κ1) is 25.3. The minimum absolute atomic E-state index is 0.0752. The van der Waals surface area contributed by atoms with Crippen molar-refractivity contribution in [3.63, 3.8) is 0 Å². The van der Waals surface area contributed by atoms with Crippen LogP contribution in [0.1, 0.15) is 37.7 Å². The summed E-state index contributed by atoms with van der Waals surface area (Å²) in [7, 11) is 0. The first-order valence-electron chi connectivity index (χ1n) is 12.5. The van der Waals surface area contributed by atoms with E-state index in [0.717, 1.165) is 40.3 Å². The van der Waals surface area contributed by atoms with E-state index < -0.39 is 36.7 Å². The second kappa shape index (κ2) is 10.2. The molecule has 2 aromatic heterocycles. The molecule has 1 saturated carbocycles. The number of rotatable bonds is 6. The fourth-order valence-corrected chi connectivity index (χ4v) is 5.34. The number of hydrogen-bond acceptors (Lipinski definition) is 6. The van der Waals surface area contributed by atoms with E-state index in [4.69, 9.17) is 0 Å². The lowest BCUT2D eigenvalue weighted by Gasteiger charge is -2.32. The van der Waals surface area contributed by atoms with Gasteiger partial charge in [0, 0.05) is 41.2 Å². The second-order valence-electron chi connectivity index (χ2n) is 9.78. The largest absolute Gasteiger partial charge is 0.360 e. The summed E-state index contributed by atoms with van der Waals surface area (Å²) in [5.41, 5.74) is 2.58. The molecule has 11 heteroatoms. The molecule has 0 bridgehead atoms. The van der Waals surface area contributed by atoms with Crippen LogP contribution < -0.4 is 10.6 Å². The maximum atomic E-state index is 14.0. The Morgan fingerprint density at radius 3 is 2.84 bits per heavy atom. The van der Waals surface area contributed by atoms with Gasteiger partial charge >= 0.3 is 0 Å². The third kappa shape index (κ3) is 5.07. The number of amides is 2. The summed E-state index contributed by atoms with van der Waals surface area (Å²) in [5.74, 6) is -4.03. The zero-order valence-electron chi connectivity index (χ0n) is 20.6. The Balaban J connectivity index is 1.28. The minimum Gasteiger partial charge on any atom is -0.360 e. The second-order valence-corrected chi connectivity index (χ2v) is 9.78. The number of H-pyrrole nitrogens is 1. The van der Waals surface area contributed by atoms with Crippen LogP contribution in [-0.2, 0) is 9.59 Å². The van der Waals surface area contributed by atoms with Gasteiger partial charge in [0.1, 0.15) is 12.1 Å². The fourth-order valence-electron chi connectivity index (χ4n) is 5.34. The number of anilines is 1. The Labute approximate surface area is 217 Å². The molecule has 1 saturated heterocycles. The SMILES string of the molecule is C=CC(=O)N1CC(F)(F)C[C@H]1C(=O)N[C@H]1CCC[C@@H](Nc2ncc(C#N)c(-c3c[nH]c4ccccc34)n2)C1. The predicted octanol–water partition coefficient (Wildman–Crippen LogP) is 3.76. The molecule has 3 aromatic rings. The molecule has 1 aromatic carbocycles. The third-order valence-electron chi connectivity index (χ3n) is 7.14. The summed E-state index contributed by atoms with van der Waals surface area (Å²) in [4.78, 5) is 38.0. The molecule has 0 spiro atoms. The number of nitrogens with zero attached hydrogens (tertiary/aromatic N) is 4. The van der Waals surface area contributed by atoms with Crippen molar-refractivity contribution in [3.05, 3.63) is 54.9 Å². The topological polar surface area (TPSA) is 127 Å². The predicted molar refractivity (Wildman–Crippen MR) is 137 cm³/mol. The molecule has 5 rings (SSSR count). The number of nitriles is 1. The van der Waals surface area contributed by atoms with Crippen LogP contribution in [0.25, 0.3) is 22.2 Å². The molecule has 2 aliphatic rings. The quantitative estimate of drug-likeness (QED) is 0.426. The zero-order valence-corrected chi connectivity index (χ0v) is 20.6. The van der Waals surface area contributed by atoms with Crippen LogP contribution in [0.4, 0.5) is 14.7 Å². The maximum Gasteiger partial charge on any atom is 0.267 e. The van der Waals surface area contributed by atoms with E-state index >= 15 is 0 Å². The Morgan fingerprint density at radius 1 is 1.26 bits per heavy atom. The molecular weight excluding hydrogens is 492 g/mol. The zero-order chi connectivity index (χ0) is 26.9. The first-order chi connectivity index (χ1) is 18.3. The highest BCUT2D eigenvalue weighted by molar-refractivity contribution is 5.96. The van der Waals surface area contributed by atoms with Crippen LogP contribution in [0.15, 0.2) is 49.3 Å². The highest BCUT2D eigenvalue weighted by atomic mass is 19.3. The van der Waals surface area contributed by atoms with Gasteiger partial charge in [-0.25, -0.2) is 18.7 Å². The number of carbonyl (C=O) groups excluding carboxylic acids is 2. The van der Waals surface area contributed by atoms with Crippen LogP contribution in [0.5, 0.6) is 0 Å². The molecule has 196 valence electrons. The standard InChI is InChI=1S/C27H27F2N7O2/c1-2-23(37)36-15-27(28,29)11-22(36)25(38)33-17-6-5-7-18(10-17)34-26-32-13-16(12-30)24(35-26)20-14-31-21-9-4-3-8-19(20)21/h2-4,8-9,13-14,17-18,22,31H,1,5-7,10-11,15H2,(H,33,38)(H,32,34,35)/t17-,18+,22-/m0/s1.